The van der Waals surface area contributed by atoms with Crippen LogP contribution in [0.2, 0.25) is 0 Å². The lowest BCUT2D eigenvalue weighted by molar-refractivity contribution is 0.0326. The van der Waals surface area contributed by atoms with Gasteiger partial charge in [0.25, 0.3) is 5.56 Å². The van der Waals surface area contributed by atoms with Crippen LogP contribution in [0.4, 0.5) is 8.78 Å². The maximum atomic E-state index is 15.3. The summed E-state index contributed by atoms with van der Waals surface area (Å²) in [6.45, 7) is 0.564. The van der Waals surface area contributed by atoms with Gasteiger partial charge in [-0.2, -0.15) is 0 Å². The molecular weight excluding hydrogens is 404 g/mol. The van der Waals surface area contributed by atoms with E-state index in [4.69, 9.17) is 4.74 Å². The quantitative estimate of drug-likeness (QED) is 0.580. The molecule has 1 unspecified atom stereocenters. The molecule has 0 radical (unpaired) electrons. The predicted molar refractivity (Wildman–Crippen MR) is 110 cm³/mol. The Kier molecular flexibility index (Phi) is 5.69. The highest BCUT2D eigenvalue weighted by atomic mass is 19.1. The molecule has 0 amide bonds. The number of carbonyl (C=O) groups is 1. The first kappa shape index (κ1) is 20.9. The average Bonchev–Trinajstić information content (AvgIpc) is 3.28. The molecule has 1 aromatic heterocycles. The fraction of sp³-hybridized carbons (Fsp3) is 0.250. The SMILES string of the molecule is COC(=O)c1ccc(Cn2ccc(C3(c4ccc(F)cc4)CCCO3)c(F)c2=O)cc1. The van der Waals surface area contributed by atoms with Crippen LogP contribution in [0.3, 0.4) is 0 Å². The molecule has 1 fully saturated rings. The van der Waals surface area contributed by atoms with Gasteiger partial charge in [-0.05, 0) is 54.3 Å². The zero-order valence-corrected chi connectivity index (χ0v) is 16.9. The van der Waals surface area contributed by atoms with Crippen molar-refractivity contribution < 1.29 is 23.0 Å². The Bertz CT molecular complexity index is 1150. The smallest absolute Gasteiger partial charge is 0.337 e. The van der Waals surface area contributed by atoms with Crippen LogP contribution in [0.25, 0.3) is 0 Å². The van der Waals surface area contributed by atoms with Gasteiger partial charge in [0, 0.05) is 18.4 Å². The molecule has 1 aliphatic rings. The maximum Gasteiger partial charge on any atom is 0.337 e. The third kappa shape index (κ3) is 3.88. The molecule has 31 heavy (non-hydrogen) atoms. The topological polar surface area (TPSA) is 57.5 Å². The van der Waals surface area contributed by atoms with Crippen LogP contribution in [0, 0.1) is 11.6 Å². The van der Waals surface area contributed by atoms with E-state index < -0.39 is 28.8 Å². The minimum Gasteiger partial charge on any atom is -0.465 e. The largest absolute Gasteiger partial charge is 0.465 e. The van der Waals surface area contributed by atoms with Gasteiger partial charge in [-0.25, -0.2) is 13.6 Å². The monoisotopic (exact) mass is 425 g/mol. The average molecular weight is 425 g/mol. The number of hydrogen-bond donors (Lipinski definition) is 0. The number of esters is 1. The molecule has 5 nitrogen and oxygen atoms in total. The van der Waals surface area contributed by atoms with Crippen LogP contribution in [0.5, 0.6) is 0 Å². The first-order valence-electron chi connectivity index (χ1n) is 9.91. The lowest BCUT2D eigenvalue weighted by Crippen LogP contribution is -2.33. The summed E-state index contributed by atoms with van der Waals surface area (Å²) in [6.07, 6.45) is 2.72. The summed E-state index contributed by atoms with van der Waals surface area (Å²) in [5.74, 6) is -1.74. The summed E-state index contributed by atoms with van der Waals surface area (Å²) in [4.78, 5) is 24.3. The van der Waals surface area contributed by atoms with Crippen LogP contribution in [-0.4, -0.2) is 24.3 Å². The van der Waals surface area contributed by atoms with Gasteiger partial charge in [0.05, 0.1) is 19.2 Å². The van der Waals surface area contributed by atoms with Crippen LogP contribution in [0.1, 0.15) is 39.9 Å². The number of aromatic nitrogens is 1. The van der Waals surface area contributed by atoms with Crippen LogP contribution >= 0.6 is 0 Å². The van der Waals surface area contributed by atoms with Gasteiger partial charge < -0.3 is 14.0 Å². The van der Waals surface area contributed by atoms with Gasteiger partial charge in [-0.15, -0.1) is 0 Å². The van der Waals surface area contributed by atoms with Crippen LogP contribution < -0.4 is 5.56 Å². The molecule has 7 heteroatoms. The summed E-state index contributed by atoms with van der Waals surface area (Å²) in [6, 6.07) is 13.8. The number of carbonyl (C=O) groups excluding carboxylic acids is 1. The second-order valence-electron chi connectivity index (χ2n) is 7.45. The van der Waals surface area contributed by atoms with Crippen LogP contribution in [-0.2, 0) is 21.6 Å². The first-order chi connectivity index (χ1) is 14.9. The highest BCUT2D eigenvalue weighted by Crippen LogP contribution is 2.42. The summed E-state index contributed by atoms with van der Waals surface area (Å²) >= 11 is 0. The van der Waals surface area contributed by atoms with E-state index in [0.717, 1.165) is 5.56 Å². The van der Waals surface area contributed by atoms with Crippen molar-refractivity contribution in [2.24, 2.45) is 0 Å². The lowest BCUT2D eigenvalue weighted by Gasteiger charge is -2.30. The number of benzene rings is 2. The fourth-order valence-electron chi connectivity index (χ4n) is 4.00. The Labute approximate surface area is 177 Å². The van der Waals surface area contributed by atoms with E-state index in [-0.39, 0.29) is 12.1 Å². The molecule has 4 rings (SSSR count). The number of halogens is 2. The minimum atomic E-state index is -1.11. The summed E-state index contributed by atoms with van der Waals surface area (Å²) < 4.78 is 40.6. The van der Waals surface area contributed by atoms with Crippen molar-refractivity contribution in [2.45, 2.75) is 25.0 Å². The number of hydrogen-bond acceptors (Lipinski definition) is 4. The number of rotatable bonds is 5. The van der Waals surface area contributed by atoms with E-state index in [1.807, 2.05) is 0 Å². The molecule has 0 N–H and O–H groups in total. The van der Waals surface area contributed by atoms with E-state index in [1.54, 1.807) is 42.5 Å². The van der Waals surface area contributed by atoms with Gasteiger partial charge in [-0.3, -0.25) is 4.79 Å². The Hall–Kier alpha value is -3.32. The van der Waals surface area contributed by atoms with Gasteiger partial charge in [0.2, 0.25) is 0 Å². The molecule has 1 saturated heterocycles. The first-order valence-corrected chi connectivity index (χ1v) is 9.91. The molecule has 160 valence electrons. The Morgan fingerprint density at radius 3 is 2.42 bits per heavy atom. The molecule has 0 aliphatic carbocycles. The fourth-order valence-corrected chi connectivity index (χ4v) is 4.00. The summed E-state index contributed by atoms with van der Waals surface area (Å²) in [5.41, 5.74) is -0.00337. The van der Waals surface area contributed by atoms with E-state index in [9.17, 15) is 14.0 Å². The highest BCUT2D eigenvalue weighted by Gasteiger charge is 2.41. The molecule has 0 saturated carbocycles. The standard InChI is InChI=1S/C24H21F2NO4/c1-30-23(29)17-5-3-16(4-6-17)15-27-13-11-20(21(26)22(27)28)24(12-2-14-31-24)18-7-9-19(25)10-8-18/h3-11,13H,2,12,14-15H2,1H3. The second kappa shape index (κ2) is 8.43. The highest BCUT2D eigenvalue weighted by molar-refractivity contribution is 5.89. The molecule has 2 heterocycles. The Morgan fingerprint density at radius 2 is 1.81 bits per heavy atom. The van der Waals surface area contributed by atoms with Crippen molar-refractivity contribution in [3.8, 4) is 0 Å². The van der Waals surface area contributed by atoms with Crippen molar-refractivity contribution in [3.05, 3.63) is 105 Å². The number of nitrogens with zero attached hydrogens (tertiary/aromatic N) is 1. The Balaban J connectivity index is 1.67. The van der Waals surface area contributed by atoms with Crippen LogP contribution in [0.15, 0.2) is 65.6 Å². The molecule has 0 bridgehead atoms. The zero-order valence-electron chi connectivity index (χ0n) is 16.9. The normalized spacial score (nSPS) is 18.2. The molecule has 1 atom stereocenters. The maximum absolute atomic E-state index is 15.3. The van der Waals surface area contributed by atoms with E-state index in [1.165, 1.54) is 30.0 Å². The van der Waals surface area contributed by atoms with Crippen molar-refractivity contribution in [3.63, 3.8) is 0 Å². The van der Waals surface area contributed by atoms with Gasteiger partial charge >= 0.3 is 5.97 Å². The van der Waals surface area contributed by atoms with Crippen molar-refractivity contribution in [1.82, 2.24) is 4.57 Å². The minimum absolute atomic E-state index is 0.141. The van der Waals surface area contributed by atoms with E-state index in [0.29, 0.717) is 30.6 Å². The van der Waals surface area contributed by atoms with Crippen molar-refractivity contribution >= 4 is 5.97 Å². The number of ether oxygens (including phenoxy) is 2. The molecule has 2 aromatic carbocycles. The number of pyridine rings is 1. The lowest BCUT2D eigenvalue weighted by atomic mass is 9.84. The molecule has 0 spiro atoms. The van der Waals surface area contributed by atoms with Crippen molar-refractivity contribution in [2.75, 3.05) is 13.7 Å². The Morgan fingerprint density at radius 1 is 1.10 bits per heavy atom. The third-order valence-corrected chi connectivity index (χ3v) is 5.60. The zero-order chi connectivity index (χ0) is 22.0. The van der Waals surface area contributed by atoms with E-state index in [2.05, 4.69) is 4.74 Å². The number of methoxy groups -OCH3 is 1. The summed E-state index contributed by atoms with van der Waals surface area (Å²) in [7, 11) is 1.30. The third-order valence-electron chi connectivity index (χ3n) is 5.60. The van der Waals surface area contributed by atoms with Gasteiger partial charge in [0.1, 0.15) is 11.4 Å². The van der Waals surface area contributed by atoms with Gasteiger partial charge in [0.15, 0.2) is 5.82 Å². The molecule has 1 aliphatic heterocycles. The van der Waals surface area contributed by atoms with Crippen molar-refractivity contribution in [1.29, 1.82) is 0 Å². The molecular formula is C24H21F2NO4. The van der Waals surface area contributed by atoms with E-state index >= 15 is 4.39 Å². The summed E-state index contributed by atoms with van der Waals surface area (Å²) in [5, 5.41) is 0. The molecule has 3 aromatic rings. The second-order valence-corrected chi connectivity index (χ2v) is 7.45. The van der Waals surface area contributed by atoms with Gasteiger partial charge in [-0.1, -0.05) is 24.3 Å². The predicted octanol–water partition coefficient (Wildman–Crippen LogP) is 4.02.